The van der Waals surface area contributed by atoms with Gasteiger partial charge >= 0.3 is 13.3 Å². The fourth-order valence-corrected chi connectivity index (χ4v) is 2.55. The van der Waals surface area contributed by atoms with Gasteiger partial charge in [-0.2, -0.15) is 13.2 Å². The smallest absolute Gasteiger partial charge is 0.398 e. The highest BCUT2D eigenvalue weighted by atomic mass is 19.4. The first-order valence-corrected chi connectivity index (χ1v) is 7.53. The normalized spacial score (nSPS) is 23.9. The number of halogens is 3. The third-order valence-electron chi connectivity index (χ3n) is 4.79. The van der Waals surface area contributed by atoms with Crippen molar-refractivity contribution in [3.05, 3.63) is 23.4 Å². The summed E-state index contributed by atoms with van der Waals surface area (Å²) in [6.07, 6.45) is -4.52. The van der Waals surface area contributed by atoms with Crippen LogP contribution in [0.3, 0.4) is 0 Å². The molecule has 0 unspecified atom stereocenters. The topological polar surface area (TPSA) is 40.6 Å². The summed E-state index contributed by atoms with van der Waals surface area (Å²) in [6.45, 7) is 7.96. The van der Waals surface area contributed by atoms with Gasteiger partial charge in [-0.25, -0.2) is 0 Å². The highest BCUT2D eigenvalue weighted by molar-refractivity contribution is 6.61. The monoisotopic (exact) mass is 329 g/mol. The summed E-state index contributed by atoms with van der Waals surface area (Å²) in [4.78, 5) is 3.83. The van der Waals surface area contributed by atoms with Gasteiger partial charge in [0, 0.05) is 5.92 Å². The van der Waals surface area contributed by atoms with E-state index in [4.69, 9.17) is 14.0 Å². The second kappa shape index (κ2) is 5.19. The molecule has 0 bridgehead atoms. The summed E-state index contributed by atoms with van der Waals surface area (Å²) in [5.74, 6) is -0.258. The molecule has 1 aromatic rings. The van der Waals surface area contributed by atoms with Crippen molar-refractivity contribution in [2.75, 3.05) is 13.2 Å². The van der Waals surface area contributed by atoms with Crippen LogP contribution < -0.4 is 5.59 Å². The van der Waals surface area contributed by atoms with Crippen molar-refractivity contribution < 1.29 is 27.2 Å². The molecular weight excluding hydrogens is 310 g/mol. The van der Waals surface area contributed by atoms with Crippen LogP contribution in [0.25, 0.3) is 0 Å². The van der Waals surface area contributed by atoms with Crippen LogP contribution >= 0.6 is 0 Å². The zero-order chi connectivity index (χ0) is 17.0. The van der Waals surface area contributed by atoms with Crippen molar-refractivity contribution in [2.24, 2.45) is 0 Å². The van der Waals surface area contributed by atoms with Crippen LogP contribution in [0.5, 0.6) is 0 Å². The van der Waals surface area contributed by atoms with Crippen LogP contribution in [0.4, 0.5) is 13.2 Å². The van der Waals surface area contributed by atoms with Gasteiger partial charge in [-0.3, -0.25) is 4.98 Å². The lowest BCUT2D eigenvalue weighted by Crippen LogP contribution is -2.41. The van der Waals surface area contributed by atoms with Gasteiger partial charge in [0.05, 0.1) is 30.0 Å². The Labute approximate surface area is 133 Å². The number of hydrogen-bond donors (Lipinski definition) is 0. The molecule has 0 N–H and O–H groups in total. The molecule has 0 aliphatic carbocycles. The molecule has 0 amide bonds. The molecule has 4 nitrogen and oxygen atoms in total. The minimum Gasteiger partial charge on any atom is -0.398 e. The van der Waals surface area contributed by atoms with E-state index < -0.39 is 30.2 Å². The average molecular weight is 329 g/mol. The number of nitrogens with zero attached hydrogens (tertiary/aromatic N) is 1. The lowest BCUT2D eigenvalue weighted by atomic mass is 9.82. The Morgan fingerprint density at radius 3 is 2.09 bits per heavy atom. The lowest BCUT2D eigenvalue weighted by molar-refractivity contribution is -0.142. The van der Waals surface area contributed by atoms with Gasteiger partial charge in [-0.15, -0.1) is 0 Å². The van der Waals surface area contributed by atoms with Crippen molar-refractivity contribution in [2.45, 2.75) is 51.0 Å². The lowest BCUT2D eigenvalue weighted by Gasteiger charge is -2.32. The third kappa shape index (κ3) is 2.88. The Kier molecular flexibility index (Phi) is 3.78. The second-order valence-electron chi connectivity index (χ2n) is 6.99. The summed E-state index contributed by atoms with van der Waals surface area (Å²) < 4.78 is 56.6. The van der Waals surface area contributed by atoms with Crippen LogP contribution in [-0.4, -0.2) is 36.5 Å². The maximum atomic E-state index is 13.4. The molecule has 1 aromatic heterocycles. The SMILES string of the molecule is CC1(C)OB(c2ccc(C3COC3)c(C(F)(F)F)n2)OC1(C)C. The van der Waals surface area contributed by atoms with E-state index in [-0.39, 0.29) is 17.1 Å². The van der Waals surface area contributed by atoms with E-state index in [2.05, 4.69) is 4.98 Å². The zero-order valence-corrected chi connectivity index (χ0v) is 13.5. The number of rotatable bonds is 2. The largest absolute Gasteiger partial charge is 0.514 e. The Balaban J connectivity index is 1.96. The Morgan fingerprint density at radius 2 is 1.65 bits per heavy atom. The molecule has 0 atom stereocenters. The van der Waals surface area contributed by atoms with Gasteiger partial charge in [0.2, 0.25) is 0 Å². The third-order valence-corrected chi connectivity index (χ3v) is 4.79. The predicted molar refractivity (Wildman–Crippen MR) is 78.5 cm³/mol. The van der Waals surface area contributed by atoms with E-state index in [1.165, 1.54) is 6.07 Å². The maximum absolute atomic E-state index is 13.4. The van der Waals surface area contributed by atoms with E-state index in [1.54, 1.807) is 6.07 Å². The van der Waals surface area contributed by atoms with Gasteiger partial charge in [0.15, 0.2) is 0 Å². The first kappa shape index (κ1) is 16.7. The van der Waals surface area contributed by atoms with Crippen molar-refractivity contribution >= 4 is 12.7 Å². The highest BCUT2D eigenvalue weighted by Crippen LogP contribution is 2.38. The van der Waals surface area contributed by atoms with Crippen LogP contribution in [0.1, 0.15) is 44.9 Å². The molecule has 8 heteroatoms. The van der Waals surface area contributed by atoms with E-state index in [0.717, 1.165) is 0 Å². The molecule has 2 fully saturated rings. The van der Waals surface area contributed by atoms with Crippen molar-refractivity contribution in [1.29, 1.82) is 0 Å². The second-order valence-corrected chi connectivity index (χ2v) is 6.99. The van der Waals surface area contributed by atoms with Gasteiger partial charge in [0.25, 0.3) is 0 Å². The van der Waals surface area contributed by atoms with Gasteiger partial charge in [0.1, 0.15) is 5.69 Å². The molecular formula is C15H19BF3NO3. The molecule has 126 valence electrons. The molecule has 0 spiro atoms. The predicted octanol–water partition coefficient (Wildman–Crippen LogP) is 2.51. The molecule has 3 rings (SSSR count). The van der Waals surface area contributed by atoms with Gasteiger partial charge in [-0.1, -0.05) is 6.07 Å². The number of hydrogen-bond acceptors (Lipinski definition) is 4. The Bertz CT molecular complexity index is 598. The van der Waals surface area contributed by atoms with E-state index in [1.807, 2.05) is 27.7 Å². The molecule has 2 aliphatic rings. The minimum absolute atomic E-state index is 0.139. The zero-order valence-electron chi connectivity index (χ0n) is 13.5. The summed E-state index contributed by atoms with van der Waals surface area (Å²) in [5, 5.41) is 0. The van der Waals surface area contributed by atoms with Crippen molar-refractivity contribution in [3.63, 3.8) is 0 Å². The molecule has 0 aromatic carbocycles. The molecule has 23 heavy (non-hydrogen) atoms. The Hall–Kier alpha value is -1.12. The average Bonchev–Trinajstić information content (AvgIpc) is 2.55. The van der Waals surface area contributed by atoms with Crippen LogP contribution in [0.2, 0.25) is 0 Å². The quantitative estimate of drug-likeness (QED) is 0.782. The first-order valence-electron chi connectivity index (χ1n) is 7.53. The van der Waals surface area contributed by atoms with Crippen LogP contribution in [0.15, 0.2) is 12.1 Å². The molecule has 3 heterocycles. The summed E-state index contributed by atoms with van der Waals surface area (Å²) in [5.41, 5.74) is -1.82. The highest BCUT2D eigenvalue weighted by Gasteiger charge is 2.53. The Morgan fingerprint density at radius 1 is 1.09 bits per heavy atom. The summed E-state index contributed by atoms with van der Waals surface area (Å²) in [6, 6.07) is 3.01. The van der Waals surface area contributed by atoms with Gasteiger partial charge in [-0.05, 0) is 39.3 Å². The fourth-order valence-electron chi connectivity index (χ4n) is 2.55. The number of pyridine rings is 1. The number of aromatic nitrogens is 1. The fraction of sp³-hybridized carbons (Fsp3) is 0.667. The molecule has 0 radical (unpaired) electrons. The van der Waals surface area contributed by atoms with E-state index in [9.17, 15) is 13.2 Å². The minimum atomic E-state index is -4.52. The van der Waals surface area contributed by atoms with E-state index in [0.29, 0.717) is 13.2 Å². The summed E-state index contributed by atoms with van der Waals surface area (Å²) in [7, 11) is -0.909. The number of ether oxygens (including phenoxy) is 1. The number of alkyl halides is 3. The van der Waals surface area contributed by atoms with Gasteiger partial charge < -0.3 is 14.0 Å². The molecule has 2 saturated heterocycles. The summed E-state index contributed by atoms with van der Waals surface area (Å²) >= 11 is 0. The standard InChI is InChI=1S/C15H19BF3NO3/c1-13(2)14(3,4)23-16(22-13)11-6-5-10(9-7-21-8-9)12(20-11)15(17,18)19/h5-6,9H,7-8H2,1-4H3. The molecule has 0 saturated carbocycles. The van der Waals surface area contributed by atoms with Crippen molar-refractivity contribution in [1.82, 2.24) is 4.98 Å². The van der Waals surface area contributed by atoms with Crippen LogP contribution in [-0.2, 0) is 20.2 Å². The van der Waals surface area contributed by atoms with E-state index >= 15 is 0 Å². The maximum Gasteiger partial charge on any atom is 0.514 e. The van der Waals surface area contributed by atoms with Crippen LogP contribution in [0, 0.1) is 0 Å². The molecule has 2 aliphatic heterocycles. The first-order chi connectivity index (χ1) is 10.5. The van der Waals surface area contributed by atoms with Crippen molar-refractivity contribution in [3.8, 4) is 0 Å².